The quantitative estimate of drug-likeness (QED) is 0.202. The highest BCUT2D eigenvalue weighted by atomic mass is 16.5. The van der Waals surface area contributed by atoms with E-state index in [0.29, 0.717) is 63.9 Å². The van der Waals surface area contributed by atoms with Gasteiger partial charge >= 0.3 is 0 Å². The van der Waals surface area contributed by atoms with Crippen molar-refractivity contribution >= 4 is 24.6 Å². The number of nitrogens with one attached hydrogen (secondary N) is 3. The molecule has 33 heavy (non-hydrogen) atoms. The number of amides is 4. The number of carbonyl (C=O) groups excluding carboxylic acids is 4. The maximum absolute atomic E-state index is 12.9. The number of carbonyl (C=O) groups is 4. The molecule has 1 atom stereocenters. The Hall–Kier alpha value is -3.22. The van der Waals surface area contributed by atoms with E-state index in [1.54, 1.807) is 12.1 Å². The van der Waals surface area contributed by atoms with Gasteiger partial charge in [-0.3, -0.25) is 24.5 Å². The first kappa shape index (κ1) is 26.0. The fraction of sp³-hybridized carbons (Fsp3) is 0.500. The molecule has 9 heteroatoms. The first-order valence-corrected chi connectivity index (χ1v) is 11.2. The van der Waals surface area contributed by atoms with E-state index in [9.17, 15) is 19.2 Å². The molecule has 1 aromatic rings. The van der Waals surface area contributed by atoms with E-state index in [0.717, 1.165) is 30.6 Å². The van der Waals surface area contributed by atoms with E-state index in [1.807, 2.05) is 13.0 Å². The molecule has 1 heterocycles. The standard InChI is InChI=1S/C24H32N4O5/c1-2-7-22(23(31)27-18-30)28-16-21-19(9-5-10-20(21)24(28)32)8-3-4-14-33-15-13-25-11-6-12-26-17-29/h5,9-10,17-18,22,25H,2,4,6-7,11-16H2,1H3,(H,26,29)(H,27,30,31). The highest BCUT2D eigenvalue weighted by Crippen LogP contribution is 2.28. The molecular weight excluding hydrogens is 424 g/mol. The monoisotopic (exact) mass is 456 g/mol. The highest BCUT2D eigenvalue weighted by molar-refractivity contribution is 6.02. The molecule has 9 nitrogen and oxygen atoms in total. The van der Waals surface area contributed by atoms with Gasteiger partial charge in [0, 0.05) is 37.2 Å². The van der Waals surface area contributed by atoms with E-state index in [-0.39, 0.29) is 5.91 Å². The number of ether oxygens (including phenoxy) is 1. The Morgan fingerprint density at radius 1 is 1.21 bits per heavy atom. The number of fused-ring (bicyclic) bond motifs is 1. The predicted molar refractivity (Wildman–Crippen MR) is 123 cm³/mol. The van der Waals surface area contributed by atoms with Gasteiger partial charge in [0.05, 0.1) is 13.2 Å². The summed E-state index contributed by atoms with van der Waals surface area (Å²) in [5, 5.41) is 8.01. The molecule has 0 saturated carbocycles. The highest BCUT2D eigenvalue weighted by Gasteiger charge is 2.36. The van der Waals surface area contributed by atoms with Gasteiger partial charge in [0.1, 0.15) is 6.04 Å². The molecule has 0 saturated heterocycles. The molecule has 1 aromatic carbocycles. The zero-order valence-corrected chi connectivity index (χ0v) is 19.0. The van der Waals surface area contributed by atoms with Crippen LogP contribution in [-0.2, 0) is 25.7 Å². The van der Waals surface area contributed by atoms with Gasteiger partial charge in [-0.05, 0) is 37.1 Å². The number of nitrogens with zero attached hydrogens (tertiary/aromatic N) is 1. The third kappa shape index (κ3) is 8.00. The fourth-order valence-electron chi connectivity index (χ4n) is 3.61. The number of rotatable bonds is 15. The maximum Gasteiger partial charge on any atom is 0.255 e. The Morgan fingerprint density at radius 2 is 2.06 bits per heavy atom. The first-order valence-electron chi connectivity index (χ1n) is 11.2. The molecule has 1 aliphatic rings. The maximum atomic E-state index is 12.9. The lowest BCUT2D eigenvalue weighted by molar-refractivity contribution is -0.129. The smallest absolute Gasteiger partial charge is 0.255 e. The normalized spacial score (nSPS) is 13.0. The van der Waals surface area contributed by atoms with Crippen LogP contribution in [-0.4, -0.2) is 68.4 Å². The van der Waals surface area contributed by atoms with Crippen LogP contribution >= 0.6 is 0 Å². The Balaban J connectivity index is 1.85. The minimum atomic E-state index is -0.691. The van der Waals surface area contributed by atoms with E-state index < -0.39 is 11.9 Å². The lowest BCUT2D eigenvalue weighted by Crippen LogP contribution is -2.46. The Labute approximate surface area is 194 Å². The number of imide groups is 1. The van der Waals surface area contributed by atoms with E-state index in [4.69, 9.17) is 4.74 Å². The minimum absolute atomic E-state index is 0.217. The first-order chi connectivity index (χ1) is 16.1. The average Bonchev–Trinajstić information content (AvgIpc) is 3.15. The molecule has 0 bridgehead atoms. The van der Waals surface area contributed by atoms with Crippen molar-refractivity contribution < 1.29 is 23.9 Å². The average molecular weight is 457 g/mol. The lowest BCUT2D eigenvalue weighted by atomic mass is 10.0. The van der Waals surface area contributed by atoms with Crippen LogP contribution < -0.4 is 16.0 Å². The van der Waals surface area contributed by atoms with Gasteiger partial charge in [-0.1, -0.05) is 31.3 Å². The van der Waals surface area contributed by atoms with E-state index >= 15 is 0 Å². The van der Waals surface area contributed by atoms with Crippen LogP contribution in [0.25, 0.3) is 0 Å². The number of hydrogen-bond acceptors (Lipinski definition) is 6. The van der Waals surface area contributed by atoms with Gasteiger partial charge in [-0.15, -0.1) is 0 Å². The van der Waals surface area contributed by atoms with Crippen LogP contribution in [0.15, 0.2) is 18.2 Å². The van der Waals surface area contributed by atoms with Crippen molar-refractivity contribution in [1.82, 2.24) is 20.9 Å². The van der Waals surface area contributed by atoms with Crippen LogP contribution in [0.2, 0.25) is 0 Å². The molecular formula is C24H32N4O5. The Morgan fingerprint density at radius 3 is 2.82 bits per heavy atom. The second kappa shape index (κ2) is 14.8. The summed E-state index contributed by atoms with van der Waals surface area (Å²) in [6.45, 7) is 5.51. The van der Waals surface area contributed by atoms with Gasteiger partial charge in [0.2, 0.25) is 18.7 Å². The molecule has 0 aromatic heterocycles. The molecule has 0 spiro atoms. The van der Waals surface area contributed by atoms with Crippen LogP contribution in [0.5, 0.6) is 0 Å². The van der Waals surface area contributed by atoms with Gasteiger partial charge in [-0.25, -0.2) is 0 Å². The van der Waals surface area contributed by atoms with Crippen LogP contribution in [0.1, 0.15) is 54.1 Å². The molecule has 0 aliphatic carbocycles. The van der Waals surface area contributed by atoms with Gasteiger partial charge < -0.3 is 20.3 Å². The lowest BCUT2D eigenvalue weighted by Gasteiger charge is -2.25. The molecule has 2 rings (SSSR count). The summed E-state index contributed by atoms with van der Waals surface area (Å²) in [4.78, 5) is 47.6. The van der Waals surface area contributed by atoms with Crippen molar-refractivity contribution in [1.29, 1.82) is 0 Å². The van der Waals surface area contributed by atoms with Crippen molar-refractivity contribution in [2.45, 2.75) is 45.2 Å². The molecule has 0 radical (unpaired) electrons. The SMILES string of the molecule is CCCC(C(=O)NC=O)N1Cc2c(C#CCCOCCNCCCNC=O)cccc2C1=O. The summed E-state index contributed by atoms with van der Waals surface area (Å²) >= 11 is 0. The van der Waals surface area contributed by atoms with Gasteiger partial charge in [0.15, 0.2) is 0 Å². The zero-order valence-electron chi connectivity index (χ0n) is 19.0. The van der Waals surface area contributed by atoms with Crippen LogP contribution in [0.4, 0.5) is 0 Å². The van der Waals surface area contributed by atoms with Crippen LogP contribution in [0.3, 0.4) is 0 Å². The molecule has 3 N–H and O–H groups in total. The molecule has 1 aliphatic heterocycles. The summed E-state index contributed by atoms with van der Waals surface area (Å²) in [6, 6.07) is 4.71. The summed E-state index contributed by atoms with van der Waals surface area (Å²) in [7, 11) is 0. The van der Waals surface area contributed by atoms with Crippen molar-refractivity contribution in [2.75, 3.05) is 32.8 Å². The number of hydrogen-bond donors (Lipinski definition) is 3. The Kier molecular flexibility index (Phi) is 11.7. The van der Waals surface area contributed by atoms with Crippen molar-refractivity contribution in [3.05, 3.63) is 34.9 Å². The third-order valence-corrected chi connectivity index (χ3v) is 5.21. The summed E-state index contributed by atoms with van der Waals surface area (Å²) < 4.78 is 5.56. The summed E-state index contributed by atoms with van der Waals surface area (Å²) in [5.41, 5.74) is 2.12. The van der Waals surface area contributed by atoms with Gasteiger partial charge in [0.25, 0.3) is 5.91 Å². The predicted octanol–water partition coefficient (Wildman–Crippen LogP) is 0.568. The molecule has 4 amide bonds. The molecule has 178 valence electrons. The largest absolute Gasteiger partial charge is 0.379 e. The molecule has 0 fully saturated rings. The fourth-order valence-corrected chi connectivity index (χ4v) is 3.61. The van der Waals surface area contributed by atoms with Crippen molar-refractivity contribution in [3.63, 3.8) is 0 Å². The second-order valence-electron chi connectivity index (χ2n) is 7.54. The third-order valence-electron chi connectivity index (χ3n) is 5.21. The van der Waals surface area contributed by atoms with Crippen molar-refractivity contribution in [2.24, 2.45) is 0 Å². The topological polar surface area (TPSA) is 117 Å². The zero-order chi connectivity index (χ0) is 23.9. The van der Waals surface area contributed by atoms with E-state index in [2.05, 4.69) is 27.8 Å². The summed E-state index contributed by atoms with van der Waals surface area (Å²) in [6.07, 6.45) is 3.65. The van der Waals surface area contributed by atoms with E-state index in [1.165, 1.54) is 4.90 Å². The van der Waals surface area contributed by atoms with Gasteiger partial charge in [-0.2, -0.15) is 0 Å². The minimum Gasteiger partial charge on any atom is -0.379 e. The summed E-state index contributed by atoms with van der Waals surface area (Å²) in [5.74, 6) is 5.53. The Bertz CT molecular complexity index is 877. The van der Waals surface area contributed by atoms with Crippen LogP contribution in [0, 0.1) is 11.8 Å². The second-order valence-corrected chi connectivity index (χ2v) is 7.54. The molecule has 1 unspecified atom stereocenters. The number of benzene rings is 1. The van der Waals surface area contributed by atoms with Crippen molar-refractivity contribution in [3.8, 4) is 11.8 Å².